The molecule has 1 aromatic heterocycles. The van der Waals surface area contributed by atoms with Crippen molar-refractivity contribution in [2.45, 2.75) is 13.0 Å². The van der Waals surface area contributed by atoms with Crippen molar-refractivity contribution in [2.75, 3.05) is 0 Å². The van der Waals surface area contributed by atoms with E-state index in [0.717, 1.165) is 6.39 Å². The molecule has 0 aliphatic heterocycles. The zero-order chi connectivity index (χ0) is 7.56. The van der Waals surface area contributed by atoms with Crippen molar-refractivity contribution in [1.29, 1.82) is 0 Å². The summed E-state index contributed by atoms with van der Waals surface area (Å²) in [4.78, 5) is 3.48. The third-order valence-corrected chi connectivity index (χ3v) is 1.06. The molecule has 0 atom stereocenters. The van der Waals surface area contributed by atoms with Crippen molar-refractivity contribution in [3.8, 4) is 0 Å². The fraction of sp³-hybridized carbons (Fsp3) is 0.400. The molecule has 1 rings (SSSR count). The summed E-state index contributed by atoms with van der Waals surface area (Å²) in [5.41, 5.74) is 5.20. The van der Waals surface area contributed by atoms with Gasteiger partial charge in [-0.25, -0.2) is 13.8 Å². The zero-order valence-corrected chi connectivity index (χ0v) is 6.28. The normalized spacial score (nSPS) is 9.82. The molecule has 3 nitrogen and oxygen atoms in total. The number of alkyl halides is 2. The van der Waals surface area contributed by atoms with Crippen LogP contribution in [-0.4, -0.2) is 4.98 Å². The molecular weight excluding hydrogens is 178 g/mol. The smallest absolute Gasteiger partial charge is 0.297 e. The first-order valence-electron chi connectivity index (χ1n) is 2.66. The van der Waals surface area contributed by atoms with Crippen LogP contribution in [0.5, 0.6) is 0 Å². The molecule has 64 valence electrons. The molecule has 0 unspecified atom stereocenters. The molecule has 0 spiro atoms. The van der Waals surface area contributed by atoms with Crippen molar-refractivity contribution >= 4 is 12.4 Å². The van der Waals surface area contributed by atoms with Crippen LogP contribution in [0.2, 0.25) is 0 Å². The lowest BCUT2D eigenvalue weighted by Gasteiger charge is -1.93. The first kappa shape index (κ1) is 10.3. The van der Waals surface area contributed by atoms with Crippen molar-refractivity contribution in [2.24, 2.45) is 5.73 Å². The Balaban J connectivity index is 0.000001000. The molecule has 0 amide bonds. The largest absolute Gasteiger partial charge is 0.442 e. The van der Waals surface area contributed by atoms with E-state index in [1.807, 2.05) is 0 Å². The molecule has 0 fully saturated rings. The predicted octanol–water partition coefficient (Wildman–Crippen LogP) is 1.49. The van der Waals surface area contributed by atoms with Gasteiger partial charge in [0.1, 0.15) is 5.69 Å². The Labute approximate surface area is 68.0 Å². The van der Waals surface area contributed by atoms with Gasteiger partial charge in [0.2, 0.25) is 0 Å². The molecule has 0 aromatic carbocycles. The van der Waals surface area contributed by atoms with Gasteiger partial charge < -0.3 is 10.2 Å². The number of nitrogens with two attached hydrogens (primary N) is 1. The summed E-state index contributed by atoms with van der Waals surface area (Å²) in [7, 11) is 0. The van der Waals surface area contributed by atoms with Gasteiger partial charge in [-0.15, -0.1) is 12.4 Å². The van der Waals surface area contributed by atoms with E-state index in [-0.39, 0.29) is 24.6 Å². The SMILES string of the molecule is Cl.NCc1ncoc1C(F)F. The van der Waals surface area contributed by atoms with E-state index in [1.54, 1.807) is 0 Å². The lowest BCUT2D eigenvalue weighted by Crippen LogP contribution is -2.00. The Morgan fingerprint density at radius 1 is 1.64 bits per heavy atom. The topological polar surface area (TPSA) is 52.0 Å². The van der Waals surface area contributed by atoms with Crippen LogP contribution < -0.4 is 5.73 Å². The Hall–Kier alpha value is -0.680. The maximum absolute atomic E-state index is 11.9. The van der Waals surface area contributed by atoms with Crippen LogP contribution in [0.1, 0.15) is 17.9 Å². The van der Waals surface area contributed by atoms with Gasteiger partial charge in [0.25, 0.3) is 6.43 Å². The maximum Gasteiger partial charge on any atom is 0.297 e. The molecule has 6 heteroatoms. The van der Waals surface area contributed by atoms with Crippen molar-refractivity contribution in [3.63, 3.8) is 0 Å². The molecule has 0 radical (unpaired) electrons. The molecule has 0 saturated heterocycles. The Morgan fingerprint density at radius 3 is 2.64 bits per heavy atom. The lowest BCUT2D eigenvalue weighted by atomic mass is 10.3. The highest BCUT2D eigenvalue weighted by molar-refractivity contribution is 5.85. The minimum atomic E-state index is -2.62. The summed E-state index contributed by atoms with van der Waals surface area (Å²) in [6.45, 7) is -0.0177. The first-order valence-corrected chi connectivity index (χ1v) is 2.66. The molecule has 0 aliphatic rings. The Morgan fingerprint density at radius 2 is 2.27 bits per heavy atom. The third kappa shape index (κ3) is 2.13. The van der Waals surface area contributed by atoms with Gasteiger partial charge >= 0.3 is 0 Å². The van der Waals surface area contributed by atoms with E-state index in [4.69, 9.17) is 5.73 Å². The van der Waals surface area contributed by atoms with Crippen LogP contribution in [-0.2, 0) is 6.54 Å². The molecule has 0 saturated carbocycles. The van der Waals surface area contributed by atoms with Gasteiger partial charge in [-0.2, -0.15) is 0 Å². The monoisotopic (exact) mass is 184 g/mol. The summed E-state index contributed by atoms with van der Waals surface area (Å²) in [5, 5.41) is 0. The second kappa shape index (κ2) is 4.25. The summed E-state index contributed by atoms with van der Waals surface area (Å²) < 4.78 is 28.1. The fourth-order valence-corrected chi connectivity index (χ4v) is 0.609. The Bertz CT molecular complexity index is 216. The maximum atomic E-state index is 11.9. The highest BCUT2D eigenvalue weighted by atomic mass is 35.5. The first-order chi connectivity index (χ1) is 4.75. The molecule has 1 heterocycles. The van der Waals surface area contributed by atoms with Crippen molar-refractivity contribution in [3.05, 3.63) is 17.8 Å². The van der Waals surface area contributed by atoms with Crippen molar-refractivity contribution in [1.82, 2.24) is 4.98 Å². The number of rotatable bonds is 2. The number of nitrogens with zero attached hydrogens (tertiary/aromatic N) is 1. The van der Waals surface area contributed by atoms with Gasteiger partial charge in [0.05, 0.1) is 0 Å². The second-order valence-corrected chi connectivity index (χ2v) is 1.67. The van der Waals surface area contributed by atoms with E-state index < -0.39 is 12.2 Å². The van der Waals surface area contributed by atoms with E-state index in [1.165, 1.54) is 0 Å². The molecule has 11 heavy (non-hydrogen) atoms. The lowest BCUT2D eigenvalue weighted by molar-refractivity contribution is 0.120. The third-order valence-electron chi connectivity index (χ3n) is 1.06. The van der Waals surface area contributed by atoms with Crippen molar-refractivity contribution < 1.29 is 13.2 Å². The average Bonchev–Trinajstić information content (AvgIpc) is 2.33. The molecule has 1 aromatic rings. The summed E-state index contributed by atoms with van der Waals surface area (Å²) in [6, 6.07) is 0. The highest BCUT2D eigenvalue weighted by Gasteiger charge is 2.16. The van der Waals surface area contributed by atoms with Crippen LogP contribution in [0, 0.1) is 0 Å². The minimum Gasteiger partial charge on any atom is -0.442 e. The number of halogens is 3. The van der Waals surface area contributed by atoms with Gasteiger partial charge in [-0.3, -0.25) is 0 Å². The molecule has 0 aliphatic carbocycles. The minimum absolute atomic E-state index is 0. The van der Waals surface area contributed by atoms with Crippen LogP contribution in [0.3, 0.4) is 0 Å². The average molecular weight is 185 g/mol. The number of hydrogen-bond donors (Lipinski definition) is 1. The number of hydrogen-bond acceptors (Lipinski definition) is 3. The van der Waals surface area contributed by atoms with Crippen LogP contribution in [0.25, 0.3) is 0 Å². The quantitative estimate of drug-likeness (QED) is 0.758. The van der Waals surface area contributed by atoms with Gasteiger partial charge in [0, 0.05) is 6.54 Å². The Kier molecular flexibility index (Phi) is 3.99. The summed E-state index contributed by atoms with van der Waals surface area (Å²) in [5.74, 6) is -0.428. The van der Waals surface area contributed by atoms with E-state index in [2.05, 4.69) is 9.40 Å². The van der Waals surface area contributed by atoms with E-state index in [9.17, 15) is 8.78 Å². The predicted molar refractivity (Wildman–Crippen MR) is 36.6 cm³/mol. The summed E-state index contributed by atoms with van der Waals surface area (Å²) >= 11 is 0. The highest BCUT2D eigenvalue weighted by Crippen LogP contribution is 2.20. The summed E-state index contributed by atoms with van der Waals surface area (Å²) in [6.07, 6.45) is -1.66. The van der Waals surface area contributed by atoms with E-state index in [0.29, 0.717) is 0 Å². The molecule has 2 N–H and O–H groups in total. The second-order valence-electron chi connectivity index (χ2n) is 1.67. The standard InChI is InChI=1S/C5H6F2N2O.ClH/c6-5(7)4-3(1-8)9-2-10-4;/h2,5H,1,8H2;1H. The number of oxazole rings is 1. The molecule has 0 bridgehead atoms. The van der Waals surface area contributed by atoms with Crippen LogP contribution in [0.15, 0.2) is 10.8 Å². The van der Waals surface area contributed by atoms with Gasteiger partial charge in [0.15, 0.2) is 12.2 Å². The van der Waals surface area contributed by atoms with Crippen LogP contribution >= 0.6 is 12.4 Å². The fourth-order valence-electron chi connectivity index (χ4n) is 0.609. The zero-order valence-electron chi connectivity index (χ0n) is 5.46. The van der Waals surface area contributed by atoms with Crippen LogP contribution in [0.4, 0.5) is 8.78 Å². The number of aromatic nitrogens is 1. The van der Waals surface area contributed by atoms with E-state index >= 15 is 0 Å². The van der Waals surface area contributed by atoms with Gasteiger partial charge in [-0.05, 0) is 0 Å². The molecular formula is C5H7ClF2N2O. The van der Waals surface area contributed by atoms with Gasteiger partial charge in [-0.1, -0.05) is 0 Å².